The van der Waals surface area contributed by atoms with Crippen molar-refractivity contribution in [1.29, 1.82) is 0 Å². The Morgan fingerprint density at radius 1 is 1.21 bits per heavy atom. The quantitative estimate of drug-likeness (QED) is 0.367. The van der Waals surface area contributed by atoms with Crippen LogP contribution >= 0.6 is 0 Å². The van der Waals surface area contributed by atoms with Crippen molar-refractivity contribution in [3.63, 3.8) is 0 Å². The van der Waals surface area contributed by atoms with Gasteiger partial charge in [0.1, 0.15) is 12.4 Å². The molecule has 0 unspecified atom stereocenters. The second kappa shape index (κ2) is 11.8. The molecule has 0 bridgehead atoms. The van der Waals surface area contributed by atoms with Crippen molar-refractivity contribution in [3.05, 3.63) is 11.6 Å². The Labute approximate surface area is 146 Å². The highest BCUT2D eigenvalue weighted by molar-refractivity contribution is 5.79. The monoisotopic (exact) mass is 338 g/mol. The molecule has 0 aromatic carbocycles. The smallest absolute Gasteiger partial charge is 0.191 e. The van der Waals surface area contributed by atoms with Crippen molar-refractivity contribution in [2.75, 3.05) is 26.3 Å². The molecular weight excluding hydrogens is 304 g/mol. The number of nitrogens with zero attached hydrogens (tertiary/aromatic N) is 4. The minimum absolute atomic E-state index is 0.516. The van der Waals surface area contributed by atoms with Gasteiger partial charge in [0, 0.05) is 33.4 Å². The standard InChI is InChI=1S/C17H34N6O/c1-6-24-12-8-11-19-17(18-10-7-9-14(2)3)20-13-16-22-21-15(4)23(16)5/h14H,6-13H2,1-5H3,(H2,18,19,20). The maximum absolute atomic E-state index is 5.37. The molecule has 0 radical (unpaired) electrons. The van der Waals surface area contributed by atoms with Gasteiger partial charge in [-0.2, -0.15) is 0 Å². The second-order valence-corrected chi connectivity index (χ2v) is 6.33. The molecule has 24 heavy (non-hydrogen) atoms. The third-order valence-corrected chi connectivity index (χ3v) is 3.77. The lowest BCUT2D eigenvalue weighted by Gasteiger charge is -2.13. The van der Waals surface area contributed by atoms with Crippen LogP contribution in [-0.4, -0.2) is 47.0 Å². The van der Waals surface area contributed by atoms with Gasteiger partial charge < -0.3 is 19.9 Å². The molecule has 0 atom stereocenters. The van der Waals surface area contributed by atoms with Gasteiger partial charge >= 0.3 is 0 Å². The normalized spacial score (nSPS) is 12.0. The number of guanidine groups is 1. The highest BCUT2D eigenvalue weighted by Gasteiger charge is 2.05. The van der Waals surface area contributed by atoms with Crippen LogP contribution in [0.1, 0.15) is 51.7 Å². The van der Waals surface area contributed by atoms with Crippen molar-refractivity contribution in [2.45, 2.75) is 53.5 Å². The van der Waals surface area contributed by atoms with Crippen LogP contribution in [0.4, 0.5) is 0 Å². The molecule has 0 aliphatic carbocycles. The Balaban J connectivity index is 2.48. The van der Waals surface area contributed by atoms with Crippen molar-refractivity contribution < 1.29 is 4.74 Å². The fraction of sp³-hybridized carbons (Fsp3) is 0.824. The number of nitrogens with one attached hydrogen (secondary N) is 2. The predicted octanol–water partition coefficient (Wildman–Crippen LogP) is 2.02. The molecule has 0 spiro atoms. The molecule has 0 saturated carbocycles. The van der Waals surface area contributed by atoms with Crippen LogP contribution in [0.5, 0.6) is 0 Å². The Bertz CT molecular complexity index is 483. The molecule has 1 aromatic heterocycles. The van der Waals surface area contributed by atoms with Gasteiger partial charge in [-0.05, 0) is 39.0 Å². The van der Waals surface area contributed by atoms with Crippen LogP contribution in [0.15, 0.2) is 4.99 Å². The third-order valence-electron chi connectivity index (χ3n) is 3.77. The van der Waals surface area contributed by atoms with Crippen LogP contribution in [0.3, 0.4) is 0 Å². The Kier molecular flexibility index (Phi) is 10.1. The molecule has 1 rings (SSSR count). The number of hydrogen-bond donors (Lipinski definition) is 2. The minimum Gasteiger partial charge on any atom is -0.382 e. The van der Waals surface area contributed by atoms with E-state index in [9.17, 15) is 0 Å². The van der Waals surface area contributed by atoms with E-state index in [1.807, 2.05) is 25.5 Å². The molecule has 2 N–H and O–H groups in total. The van der Waals surface area contributed by atoms with Crippen LogP contribution in [0.2, 0.25) is 0 Å². The van der Waals surface area contributed by atoms with E-state index in [-0.39, 0.29) is 0 Å². The third kappa shape index (κ3) is 8.29. The summed E-state index contributed by atoms with van der Waals surface area (Å²) in [4.78, 5) is 4.63. The number of aryl methyl sites for hydroxylation is 1. The zero-order chi connectivity index (χ0) is 17.8. The molecule has 0 fully saturated rings. The van der Waals surface area contributed by atoms with Gasteiger partial charge in [-0.3, -0.25) is 0 Å². The lowest BCUT2D eigenvalue weighted by atomic mass is 10.1. The molecule has 0 aliphatic heterocycles. The number of hydrogen-bond acceptors (Lipinski definition) is 4. The average Bonchev–Trinajstić information content (AvgIpc) is 2.87. The highest BCUT2D eigenvalue weighted by Crippen LogP contribution is 2.02. The summed E-state index contributed by atoms with van der Waals surface area (Å²) in [6, 6.07) is 0. The fourth-order valence-corrected chi connectivity index (χ4v) is 2.16. The van der Waals surface area contributed by atoms with Gasteiger partial charge in [0.15, 0.2) is 11.8 Å². The highest BCUT2D eigenvalue weighted by atomic mass is 16.5. The Morgan fingerprint density at radius 3 is 2.50 bits per heavy atom. The number of aromatic nitrogens is 3. The summed E-state index contributed by atoms with van der Waals surface area (Å²) < 4.78 is 7.33. The first-order valence-electron chi connectivity index (χ1n) is 8.99. The van der Waals surface area contributed by atoms with E-state index in [1.165, 1.54) is 6.42 Å². The van der Waals surface area contributed by atoms with Gasteiger partial charge in [0.25, 0.3) is 0 Å². The van der Waals surface area contributed by atoms with Crippen LogP contribution in [0, 0.1) is 12.8 Å². The van der Waals surface area contributed by atoms with Gasteiger partial charge in [-0.25, -0.2) is 4.99 Å². The molecule has 0 saturated heterocycles. The molecule has 1 aromatic rings. The summed E-state index contributed by atoms with van der Waals surface area (Å²) in [6.07, 6.45) is 3.32. The molecule has 138 valence electrons. The van der Waals surface area contributed by atoms with E-state index < -0.39 is 0 Å². The van der Waals surface area contributed by atoms with Gasteiger partial charge in [-0.1, -0.05) is 13.8 Å². The van der Waals surface area contributed by atoms with E-state index in [0.29, 0.717) is 6.54 Å². The predicted molar refractivity (Wildman–Crippen MR) is 98.1 cm³/mol. The minimum atomic E-state index is 0.516. The van der Waals surface area contributed by atoms with E-state index in [2.05, 4.69) is 39.7 Å². The summed E-state index contributed by atoms with van der Waals surface area (Å²) in [7, 11) is 1.96. The molecule has 7 heteroatoms. The maximum atomic E-state index is 5.37. The van der Waals surface area contributed by atoms with E-state index in [4.69, 9.17) is 4.74 Å². The second-order valence-electron chi connectivity index (χ2n) is 6.33. The van der Waals surface area contributed by atoms with E-state index in [1.54, 1.807) is 0 Å². The Hall–Kier alpha value is -1.63. The van der Waals surface area contributed by atoms with Crippen molar-refractivity contribution in [1.82, 2.24) is 25.4 Å². The van der Waals surface area contributed by atoms with E-state index >= 15 is 0 Å². The number of aliphatic imine (C=N–C) groups is 1. The van der Waals surface area contributed by atoms with Crippen molar-refractivity contribution in [2.24, 2.45) is 18.0 Å². The van der Waals surface area contributed by atoms with Crippen LogP contribution < -0.4 is 10.6 Å². The van der Waals surface area contributed by atoms with E-state index in [0.717, 1.165) is 62.7 Å². The summed E-state index contributed by atoms with van der Waals surface area (Å²) in [6.45, 7) is 12.3. The van der Waals surface area contributed by atoms with Crippen LogP contribution in [0.25, 0.3) is 0 Å². The SMILES string of the molecule is CCOCCCNC(=NCc1nnc(C)n1C)NCCCC(C)C. The maximum Gasteiger partial charge on any atom is 0.191 e. The lowest BCUT2D eigenvalue weighted by molar-refractivity contribution is 0.145. The first-order valence-corrected chi connectivity index (χ1v) is 8.99. The van der Waals surface area contributed by atoms with Gasteiger partial charge in [0.2, 0.25) is 0 Å². The number of ether oxygens (including phenoxy) is 1. The largest absolute Gasteiger partial charge is 0.382 e. The van der Waals surface area contributed by atoms with Crippen molar-refractivity contribution in [3.8, 4) is 0 Å². The molecule has 0 amide bonds. The molecular formula is C17H34N6O. The first kappa shape index (κ1) is 20.4. The molecule has 1 heterocycles. The molecule has 7 nitrogen and oxygen atoms in total. The zero-order valence-electron chi connectivity index (χ0n) is 15.9. The first-order chi connectivity index (χ1) is 11.5. The summed E-state index contributed by atoms with van der Waals surface area (Å²) in [5.74, 6) is 3.32. The topological polar surface area (TPSA) is 76.4 Å². The summed E-state index contributed by atoms with van der Waals surface area (Å²) in [5, 5.41) is 15.0. The Morgan fingerprint density at radius 2 is 1.92 bits per heavy atom. The van der Waals surface area contributed by atoms with Crippen molar-refractivity contribution >= 4 is 5.96 Å². The summed E-state index contributed by atoms with van der Waals surface area (Å²) in [5.41, 5.74) is 0. The fourth-order valence-electron chi connectivity index (χ4n) is 2.16. The van der Waals surface area contributed by atoms with Gasteiger partial charge in [0.05, 0.1) is 0 Å². The summed E-state index contributed by atoms with van der Waals surface area (Å²) >= 11 is 0. The molecule has 0 aliphatic rings. The van der Waals surface area contributed by atoms with Gasteiger partial charge in [-0.15, -0.1) is 10.2 Å². The zero-order valence-corrected chi connectivity index (χ0v) is 15.9. The lowest BCUT2D eigenvalue weighted by Crippen LogP contribution is -2.38. The number of rotatable bonds is 11. The van der Waals surface area contributed by atoms with Crippen LogP contribution in [-0.2, 0) is 18.3 Å². The average molecular weight is 339 g/mol.